The minimum absolute atomic E-state index is 0.0415. The summed E-state index contributed by atoms with van der Waals surface area (Å²) >= 11 is 6.53. The topological polar surface area (TPSA) is 53.7 Å². The second kappa shape index (κ2) is 9.53. The maximum Gasteiger partial charge on any atom is 0.173 e. The molecule has 0 aliphatic carbocycles. The minimum Gasteiger partial charge on any atom is -0.488 e. The zero-order chi connectivity index (χ0) is 24.6. The van der Waals surface area contributed by atoms with Crippen LogP contribution in [0.25, 0.3) is 11.1 Å². The molecule has 1 aliphatic heterocycles. The lowest BCUT2D eigenvalue weighted by Crippen LogP contribution is -2.49. The van der Waals surface area contributed by atoms with Crippen molar-refractivity contribution in [2.75, 3.05) is 20.3 Å². The van der Waals surface area contributed by atoms with Crippen LogP contribution in [0, 0.1) is 18.6 Å². The van der Waals surface area contributed by atoms with Crippen molar-refractivity contribution in [3.63, 3.8) is 0 Å². The predicted octanol–water partition coefficient (Wildman–Crippen LogP) is 6.36. The van der Waals surface area contributed by atoms with E-state index in [0.29, 0.717) is 23.5 Å². The van der Waals surface area contributed by atoms with Crippen molar-refractivity contribution in [1.82, 2.24) is 0 Å². The Kier molecular flexibility index (Phi) is 6.85. The van der Waals surface area contributed by atoms with Gasteiger partial charge in [-0.3, -0.25) is 0 Å². The third-order valence-electron chi connectivity index (χ3n) is 6.59. The van der Waals surface area contributed by atoms with E-state index in [0.717, 1.165) is 5.56 Å². The van der Waals surface area contributed by atoms with Gasteiger partial charge in [0.05, 0.1) is 11.6 Å². The molecule has 0 bridgehead atoms. The van der Waals surface area contributed by atoms with Crippen LogP contribution in [-0.2, 0) is 10.3 Å². The van der Waals surface area contributed by atoms with E-state index in [1.165, 1.54) is 13.2 Å². The van der Waals surface area contributed by atoms with Crippen LogP contribution in [0.5, 0.6) is 11.5 Å². The summed E-state index contributed by atoms with van der Waals surface area (Å²) < 4.78 is 47.9. The van der Waals surface area contributed by atoms with Crippen molar-refractivity contribution in [2.45, 2.75) is 38.3 Å². The highest BCUT2D eigenvalue weighted by atomic mass is 35.5. The van der Waals surface area contributed by atoms with Crippen molar-refractivity contribution in [2.24, 2.45) is 5.73 Å². The van der Waals surface area contributed by atoms with Gasteiger partial charge in [-0.1, -0.05) is 54.9 Å². The van der Waals surface area contributed by atoms with Crippen LogP contribution >= 0.6 is 11.6 Å². The molecule has 1 aliphatic rings. The van der Waals surface area contributed by atoms with Gasteiger partial charge in [0.25, 0.3) is 0 Å². The number of aryl methyl sites for hydroxylation is 1. The maximum absolute atomic E-state index is 15.8. The van der Waals surface area contributed by atoms with E-state index in [2.05, 4.69) is 0 Å². The molecule has 3 aromatic carbocycles. The Balaban J connectivity index is 1.95. The molecule has 0 saturated heterocycles. The van der Waals surface area contributed by atoms with Crippen LogP contribution in [0.15, 0.2) is 48.5 Å². The Bertz CT molecular complexity index is 1200. The molecule has 0 amide bonds. The summed E-state index contributed by atoms with van der Waals surface area (Å²) in [5.74, 6) is -1.32. The molecule has 180 valence electrons. The van der Waals surface area contributed by atoms with Gasteiger partial charge in [0, 0.05) is 41.8 Å². The third kappa shape index (κ3) is 3.84. The lowest BCUT2D eigenvalue weighted by molar-refractivity contribution is 0.0470. The van der Waals surface area contributed by atoms with E-state index in [9.17, 15) is 0 Å². The first-order chi connectivity index (χ1) is 16.2. The van der Waals surface area contributed by atoms with Crippen LogP contribution < -0.4 is 15.2 Å². The van der Waals surface area contributed by atoms with Gasteiger partial charge in [-0.2, -0.15) is 0 Å². The van der Waals surface area contributed by atoms with Crippen LogP contribution in [0.2, 0.25) is 5.02 Å². The van der Waals surface area contributed by atoms with Gasteiger partial charge in [-0.15, -0.1) is 0 Å². The summed E-state index contributed by atoms with van der Waals surface area (Å²) in [6, 6.07) is 13.6. The molecule has 7 heteroatoms. The Labute approximate surface area is 203 Å². The highest BCUT2D eigenvalue weighted by molar-refractivity contribution is 6.34. The fourth-order valence-corrected chi connectivity index (χ4v) is 5.18. The average molecular weight is 488 g/mol. The van der Waals surface area contributed by atoms with E-state index < -0.39 is 23.3 Å². The molecule has 1 unspecified atom stereocenters. The number of hydrogen-bond donors (Lipinski definition) is 1. The molecule has 0 fully saturated rings. The van der Waals surface area contributed by atoms with Gasteiger partial charge in [0.1, 0.15) is 18.2 Å². The Morgan fingerprint density at radius 1 is 1.12 bits per heavy atom. The van der Waals surface area contributed by atoms with Crippen molar-refractivity contribution in [3.05, 3.63) is 81.9 Å². The number of hydrogen-bond acceptors (Lipinski definition) is 4. The summed E-state index contributed by atoms with van der Waals surface area (Å²) in [5, 5.41) is -0.168. The SMILES string of the molecule is COCCOc1ccc(C)c(-c2c(Cl)c(F)cc3c2[C@H](C)[C@](c2ccccc2)(C(C)N)O3)c1F. The number of halogens is 3. The first-order valence-electron chi connectivity index (χ1n) is 11.2. The highest BCUT2D eigenvalue weighted by Crippen LogP contribution is 2.57. The minimum atomic E-state index is -0.980. The Hall–Kier alpha value is -2.67. The van der Waals surface area contributed by atoms with Crippen LogP contribution in [0.3, 0.4) is 0 Å². The molecule has 0 spiro atoms. The summed E-state index contributed by atoms with van der Waals surface area (Å²) in [6.45, 7) is 6.03. The lowest BCUT2D eigenvalue weighted by Gasteiger charge is -2.37. The quantitative estimate of drug-likeness (QED) is 0.394. The van der Waals surface area contributed by atoms with Crippen molar-refractivity contribution in [1.29, 1.82) is 0 Å². The van der Waals surface area contributed by atoms with Crippen LogP contribution in [0.4, 0.5) is 8.78 Å². The molecule has 2 N–H and O–H groups in total. The first-order valence-corrected chi connectivity index (χ1v) is 11.5. The molecule has 1 heterocycles. The average Bonchev–Trinajstić information content (AvgIpc) is 3.11. The molecule has 4 rings (SSSR count). The van der Waals surface area contributed by atoms with Crippen molar-refractivity contribution < 1.29 is 23.0 Å². The summed E-state index contributed by atoms with van der Waals surface area (Å²) in [7, 11) is 1.54. The lowest BCUT2D eigenvalue weighted by atomic mass is 9.74. The maximum atomic E-state index is 15.8. The van der Waals surface area contributed by atoms with E-state index in [1.54, 1.807) is 19.1 Å². The van der Waals surface area contributed by atoms with Gasteiger partial charge in [0.15, 0.2) is 17.2 Å². The second-order valence-corrected chi connectivity index (χ2v) is 9.02. The number of ether oxygens (including phenoxy) is 3. The van der Waals surface area contributed by atoms with Crippen LogP contribution in [-0.4, -0.2) is 26.4 Å². The van der Waals surface area contributed by atoms with Crippen LogP contribution in [0.1, 0.15) is 36.5 Å². The number of methoxy groups -OCH3 is 1. The predicted molar refractivity (Wildman–Crippen MR) is 130 cm³/mol. The molecule has 3 atom stereocenters. The normalized spacial score (nSPS) is 20.1. The van der Waals surface area contributed by atoms with Crippen molar-refractivity contribution in [3.8, 4) is 22.6 Å². The van der Waals surface area contributed by atoms with E-state index >= 15 is 8.78 Å². The summed E-state index contributed by atoms with van der Waals surface area (Å²) in [6.07, 6.45) is 0. The number of rotatable bonds is 7. The molecule has 34 heavy (non-hydrogen) atoms. The fourth-order valence-electron chi connectivity index (χ4n) is 4.93. The molecular weight excluding hydrogens is 460 g/mol. The standard InChI is InChI=1S/C27H28ClF2NO3/c1-15-10-11-20(33-13-12-32-4)26(30)22(15)24-23-16(2)27(17(3)31,18-8-6-5-7-9-18)34-21(23)14-19(29)25(24)28/h5-11,14,16-17H,12-13,31H2,1-4H3/t16-,17?,27+/m0/s1. The van der Waals surface area contributed by atoms with Crippen molar-refractivity contribution >= 4 is 11.6 Å². The number of nitrogens with two attached hydrogens (primary N) is 1. The number of fused-ring (bicyclic) bond motifs is 1. The Morgan fingerprint density at radius 2 is 1.82 bits per heavy atom. The summed E-state index contributed by atoms with van der Waals surface area (Å²) in [5.41, 5.74) is 8.01. The fraction of sp³-hybridized carbons (Fsp3) is 0.333. The van der Waals surface area contributed by atoms with Gasteiger partial charge in [-0.05, 0) is 31.0 Å². The van der Waals surface area contributed by atoms with Gasteiger partial charge >= 0.3 is 0 Å². The zero-order valence-electron chi connectivity index (χ0n) is 19.6. The Morgan fingerprint density at radius 3 is 2.47 bits per heavy atom. The molecule has 0 radical (unpaired) electrons. The molecule has 4 nitrogen and oxygen atoms in total. The molecule has 0 aromatic heterocycles. The largest absolute Gasteiger partial charge is 0.488 e. The monoisotopic (exact) mass is 487 g/mol. The number of benzene rings is 3. The second-order valence-electron chi connectivity index (χ2n) is 8.64. The molecule has 3 aromatic rings. The van der Waals surface area contributed by atoms with Gasteiger partial charge in [-0.25, -0.2) is 8.78 Å². The summed E-state index contributed by atoms with van der Waals surface area (Å²) in [4.78, 5) is 0. The van der Waals surface area contributed by atoms with Gasteiger partial charge < -0.3 is 19.9 Å². The first kappa shape index (κ1) is 24.5. The van der Waals surface area contributed by atoms with E-state index in [-0.39, 0.29) is 34.4 Å². The van der Waals surface area contributed by atoms with E-state index in [1.807, 2.05) is 44.2 Å². The molecule has 0 saturated carbocycles. The highest BCUT2D eigenvalue weighted by Gasteiger charge is 2.52. The van der Waals surface area contributed by atoms with E-state index in [4.69, 9.17) is 31.5 Å². The zero-order valence-corrected chi connectivity index (χ0v) is 20.4. The molecular formula is C27H28ClF2NO3. The van der Waals surface area contributed by atoms with Gasteiger partial charge in [0.2, 0.25) is 0 Å². The smallest absolute Gasteiger partial charge is 0.173 e. The third-order valence-corrected chi connectivity index (χ3v) is 6.96.